The van der Waals surface area contributed by atoms with Crippen LogP contribution in [0.5, 0.6) is 0 Å². The van der Waals surface area contributed by atoms with Gasteiger partial charge in [0.25, 0.3) is 5.91 Å². The van der Waals surface area contributed by atoms with Gasteiger partial charge in [-0.2, -0.15) is 18.4 Å². The van der Waals surface area contributed by atoms with Gasteiger partial charge in [0.05, 0.1) is 5.56 Å². The number of hydrogen-bond donors (Lipinski definition) is 3. The maximum Gasteiger partial charge on any atom is 0.430 e. The molecule has 2 atom stereocenters. The average Bonchev–Trinajstić information content (AvgIpc) is 2.70. The molecule has 1 aliphatic heterocycles. The lowest BCUT2D eigenvalue weighted by Gasteiger charge is -2.42. The number of nitrogens with two attached hydrogens (primary N) is 1. The Balaban J connectivity index is 1.93. The summed E-state index contributed by atoms with van der Waals surface area (Å²) in [6.45, 7) is 0.763. The van der Waals surface area contributed by atoms with E-state index < -0.39 is 35.1 Å². The highest BCUT2D eigenvalue weighted by Crippen LogP contribution is 2.45. The summed E-state index contributed by atoms with van der Waals surface area (Å²) in [5, 5.41) is 13.6. The molecule has 0 saturated carbocycles. The molecule has 0 radical (unpaired) electrons. The third-order valence-electron chi connectivity index (χ3n) is 4.55. The second kappa shape index (κ2) is 7.55. The fourth-order valence-electron chi connectivity index (χ4n) is 2.83. The second-order valence-corrected chi connectivity index (χ2v) is 6.61. The quantitative estimate of drug-likeness (QED) is 0.657. The normalized spacial score (nSPS) is 20.9. The summed E-state index contributed by atoms with van der Waals surface area (Å²) in [4.78, 5) is 16.2. The van der Waals surface area contributed by atoms with Crippen LogP contribution in [0.25, 0.3) is 0 Å². The van der Waals surface area contributed by atoms with Gasteiger partial charge < -0.3 is 21.1 Å². The first-order valence-electron chi connectivity index (χ1n) is 8.49. The number of alkyl halides is 3. The van der Waals surface area contributed by atoms with Gasteiger partial charge in [0, 0.05) is 17.4 Å². The first-order chi connectivity index (χ1) is 14.0. The van der Waals surface area contributed by atoms with Crippen LogP contribution in [-0.4, -0.2) is 22.7 Å². The highest BCUT2D eigenvalue weighted by Gasteiger charge is 2.60. The van der Waals surface area contributed by atoms with Crippen molar-refractivity contribution < 1.29 is 27.1 Å². The monoisotopic (exact) mass is 421 g/mol. The number of anilines is 1. The first-order valence-corrected chi connectivity index (χ1v) is 8.49. The SMILES string of the molecule is C[C@@]1(C(F)(F)F)OC=C(N)N[C@@H]1c1cc(NC(=O)c2ccc(C#N)cn2)ccc1F. The van der Waals surface area contributed by atoms with E-state index in [2.05, 4.69) is 15.6 Å². The van der Waals surface area contributed by atoms with Gasteiger partial charge in [-0.25, -0.2) is 9.37 Å². The summed E-state index contributed by atoms with van der Waals surface area (Å²) in [5.41, 5.74) is 2.55. The Hall–Kier alpha value is -3.81. The minimum Gasteiger partial charge on any atom is -0.479 e. The molecular formula is C19H15F4N5O2. The van der Waals surface area contributed by atoms with Gasteiger partial charge in [-0.05, 0) is 37.3 Å². The highest BCUT2D eigenvalue weighted by atomic mass is 19.4. The van der Waals surface area contributed by atoms with Crippen molar-refractivity contribution in [3.63, 3.8) is 0 Å². The van der Waals surface area contributed by atoms with Gasteiger partial charge in [-0.15, -0.1) is 0 Å². The van der Waals surface area contributed by atoms with Gasteiger partial charge >= 0.3 is 6.18 Å². The zero-order chi connectivity index (χ0) is 22.1. The lowest BCUT2D eigenvalue weighted by atomic mass is 9.87. The molecule has 11 heteroatoms. The fraction of sp³-hybridized carbons (Fsp3) is 0.211. The van der Waals surface area contributed by atoms with Crippen molar-refractivity contribution in [2.75, 3.05) is 5.32 Å². The zero-order valence-corrected chi connectivity index (χ0v) is 15.4. The van der Waals surface area contributed by atoms with E-state index in [1.54, 1.807) is 0 Å². The summed E-state index contributed by atoms with van der Waals surface area (Å²) >= 11 is 0. The fourth-order valence-corrected chi connectivity index (χ4v) is 2.83. The van der Waals surface area contributed by atoms with Crippen molar-refractivity contribution in [3.8, 4) is 6.07 Å². The highest BCUT2D eigenvalue weighted by molar-refractivity contribution is 6.02. The molecule has 0 fully saturated rings. The molecule has 4 N–H and O–H groups in total. The minimum atomic E-state index is -4.86. The van der Waals surface area contributed by atoms with Crippen LogP contribution in [0, 0.1) is 17.1 Å². The Kier molecular flexibility index (Phi) is 5.26. The number of pyridine rings is 1. The number of carbonyl (C=O) groups excluding carboxylic acids is 1. The molecule has 1 aromatic carbocycles. The van der Waals surface area contributed by atoms with E-state index >= 15 is 0 Å². The van der Waals surface area contributed by atoms with Crippen molar-refractivity contribution in [1.29, 1.82) is 5.26 Å². The van der Waals surface area contributed by atoms with Gasteiger partial charge in [-0.1, -0.05) is 0 Å². The van der Waals surface area contributed by atoms with E-state index in [4.69, 9.17) is 15.7 Å². The number of amides is 1. The van der Waals surface area contributed by atoms with Crippen molar-refractivity contribution in [3.05, 3.63) is 71.2 Å². The Morgan fingerprint density at radius 3 is 2.70 bits per heavy atom. The Bertz CT molecular complexity index is 1050. The third kappa shape index (κ3) is 3.84. The van der Waals surface area contributed by atoms with E-state index in [0.29, 0.717) is 6.26 Å². The molecule has 2 heterocycles. The van der Waals surface area contributed by atoms with E-state index in [1.807, 2.05) is 6.07 Å². The van der Waals surface area contributed by atoms with Crippen LogP contribution in [0.15, 0.2) is 48.6 Å². The topological polar surface area (TPSA) is 113 Å². The molecule has 0 spiro atoms. The molecule has 30 heavy (non-hydrogen) atoms. The number of halogens is 4. The summed E-state index contributed by atoms with van der Waals surface area (Å²) < 4.78 is 60.3. The smallest absolute Gasteiger partial charge is 0.430 e. The van der Waals surface area contributed by atoms with Gasteiger partial charge in [0.2, 0.25) is 5.60 Å². The Labute approximate surface area is 168 Å². The standard InChI is InChI=1S/C19H15F4N5O2/c1-18(19(21,22)23)16(28-15(25)9-30-18)12-6-11(3-4-13(12)20)27-17(29)14-5-2-10(7-24)8-26-14/h2-6,8-9,16,28H,25H2,1H3,(H,27,29)/t16-,18-/m1/s1. The van der Waals surface area contributed by atoms with Crippen molar-refractivity contribution >= 4 is 11.6 Å². The molecule has 0 saturated heterocycles. The van der Waals surface area contributed by atoms with Crippen LogP contribution in [0.4, 0.5) is 23.2 Å². The van der Waals surface area contributed by atoms with E-state index in [9.17, 15) is 22.4 Å². The molecule has 0 aliphatic carbocycles. The molecule has 7 nitrogen and oxygen atoms in total. The lowest BCUT2D eigenvalue weighted by molar-refractivity contribution is -0.269. The molecule has 156 valence electrons. The molecule has 2 aromatic rings. The van der Waals surface area contributed by atoms with Crippen molar-refractivity contribution in [1.82, 2.24) is 10.3 Å². The minimum absolute atomic E-state index is 0.0296. The maximum atomic E-state index is 14.5. The third-order valence-corrected chi connectivity index (χ3v) is 4.55. The second-order valence-electron chi connectivity index (χ2n) is 6.61. The van der Waals surface area contributed by atoms with Crippen LogP contribution in [-0.2, 0) is 4.74 Å². The number of nitriles is 1. The summed E-state index contributed by atoms with van der Waals surface area (Å²) in [7, 11) is 0. The van der Waals surface area contributed by atoms with Crippen LogP contribution < -0.4 is 16.4 Å². The van der Waals surface area contributed by atoms with E-state index in [0.717, 1.165) is 19.1 Å². The molecule has 1 amide bonds. The number of benzene rings is 1. The van der Waals surface area contributed by atoms with Gasteiger partial charge in [0.1, 0.15) is 35.7 Å². The van der Waals surface area contributed by atoms with Crippen LogP contribution >= 0.6 is 0 Å². The number of aromatic nitrogens is 1. The molecule has 0 bridgehead atoms. The molecule has 1 aliphatic rings. The number of ether oxygens (including phenoxy) is 1. The van der Waals surface area contributed by atoms with E-state index in [1.165, 1.54) is 24.4 Å². The van der Waals surface area contributed by atoms with E-state index in [-0.39, 0.29) is 22.8 Å². The number of rotatable bonds is 3. The predicted octanol–water partition coefficient (Wildman–Crippen LogP) is 3.08. The number of carbonyl (C=O) groups is 1. The summed E-state index contributed by atoms with van der Waals surface area (Å²) in [5.74, 6) is -1.85. The number of nitrogens with zero attached hydrogens (tertiary/aromatic N) is 2. The van der Waals surface area contributed by atoms with Gasteiger partial charge in [0.15, 0.2) is 0 Å². The van der Waals surface area contributed by atoms with Crippen molar-refractivity contribution in [2.24, 2.45) is 5.73 Å². The molecular weight excluding hydrogens is 406 g/mol. The molecule has 1 aromatic heterocycles. The van der Waals surface area contributed by atoms with Crippen LogP contribution in [0.2, 0.25) is 0 Å². The average molecular weight is 421 g/mol. The largest absolute Gasteiger partial charge is 0.479 e. The summed E-state index contributed by atoms with van der Waals surface area (Å²) in [6.07, 6.45) is -2.96. The number of hydrogen-bond acceptors (Lipinski definition) is 6. The Morgan fingerprint density at radius 1 is 1.37 bits per heavy atom. The van der Waals surface area contributed by atoms with Gasteiger partial charge in [-0.3, -0.25) is 4.79 Å². The Morgan fingerprint density at radius 2 is 2.10 bits per heavy atom. The molecule has 0 unspecified atom stereocenters. The summed E-state index contributed by atoms with van der Waals surface area (Å²) in [6, 6.07) is 5.99. The number of nitrogens with one attached hydrogen (secondary N) is 2. The predicted molar refractivity (Wildman–Crippen MR) is 97.0 cm³/mol. The van der Waals surface area contributed by atoms with Crippen molar-refractivity contribution in [2.45, 2.75) is 24.7 Å². The molecule has 3 rings (SSSR count). The van der Waals surface area contributed by atoms with Crippen LogP contribution in [0.3, 0.4) is 0 Å². The first kappa shape index (κ1) is 20.9. The van der Waals surface area contributed by atoms with Crippen LogP contribution in [0.1, 0.15) is 34.6 Å². The maximum absolute atomic E-state index is 14.5. The lowest BCUT2D eigenvalue weighted by Crippen LogP contribution is -2.56. The zero-order valence-electron chi connectivity index (χ0n) is 15.4.